The molecule has 0 aliphatic rings. The predicted molar refractivity (Wildman–Crippen MR) is 120 cm³/mol. The van der Waals surface area contributed by atoms with Crippen LogP contribution in [0.1, 0.15) is 12.0 Å². The zero-order valence-corrected chi connectivity index (χ0v) is 18.7. The van der Waals surface area contributed by atoms with Gasteiger partial charge in [-0.05, 0) is 24.6 Å². The number of sulfone groups is 1. The lowest BCUT2D eigenvalue weighted by atomic mass is 10.2. The van der Waals surface area contributed by atoms with Crippen molar-refractivity contribution >= 4 is 39.8 Å². The molecule has 0 atom stereocenters. The van der Waals surface area contributed by atoms with E-state index < -0.39 is 9.84 Å². The van der Waals surface area contributed by atoms with Crippen LogP contribution in [-0.2, 0) is 16.4 Å². The van der Waals surface area contributed by atoms with Crippen molar-refractivity contribution in [2.45, 2.75) is 17.9 Å². The Morgan fingerprint density at radius 3 is 2.37 bits per heavy atom. The SMILES string of the molecule is CN=C(NCCCS(=O)(=O)c1ccccc1)NCc1ccccc1OC.I. The van der Waals surface area contributed by atoms with E-state index in [4.69, 9.17) is 4.74 Å². The summed E-state index contributed by atoms with van der Waals surface area (Å²) >= 11 is 0. The van der Waals surface area contributed by atoms with Crippen molar-refractivity contribution in [3.63, 3.8) is 0 Å². The summed E-state index contributed by atoms with van der Waals surface area (Å²) in [6.07, 6.45) is 0.493. The number of hydrogen-bond acceptors (Lipinski definition) is 4. The van der Waals surface area contributed by atoms with Gasteiger partial charge < -0.3 is 15.4 Å². The minimum atomic E-state index is -3.25. The van der Waals surface area contributed by atoms with Crippen molar-refractivity contribution in [3.05, 3.63) is 60.2 Å². The lowest BCUT2D eigenvalue weighted by molar-refractivity contribution is 0.409. The van der Waals surface area contributed by atoms with Crippen LogP contribution in [0.25, 0.3) is 0 Å². The fraction of sp³-hybridized carbons (Fsp3) is 0.316. The molecule has 2 N–H and O–H groups in total. The topological polar surface area (TPSA) is 79.8 Å². The summed E-state index contributed by atoms with van der Waals surface area (Å²) in [5.41, 5.74) is 1.02. The monoisotopic (exact) mass is 503 g/mol. The van der Waals surface area contributed by atoms with Crippen molar-refractivity contribution in [1.82, 2.24) is 10.6 Å². The van der Waals surface area contributed by atoms with Gasteiger partial charge in [0.25, 0.3) is 0 Å². The van der Waals surface area contributed by atoms with Crippen LogP contribution in [-0.4, -0.2) is 40.8 Å². The molecule has 0 heterocycles. The number of benzene rings is 2. The zero-order valence-electron chi connectivity index (χ0n) is 15.5. The Labute approximate surface area is 178 Å². The fourth-order valence-corrected chi connectivity index (χ4v) is 3.80. The van der Waals surface area contributed by atoms with Gasteiger partial charge in [-0.2, -0.15) is 0 Å². The van der Waals surface area contributed by atoms with E-state index in [1.165, 1.54) is 0 Å². The molecule has 0 saturated heterocycles. The number of methoxy groups -OCH3 is 1. The number of halogens is 1. The van der Waals surface area contributed by atoms with E-state index in [1.54, 1.807) is 44.5 Å². The highest BCUT2D eigenvalue weighted by atomic mass is 127. The van der Waals surface area contributed by atoms with Crippen molar-refractivity contribution < 1.29 is 13.2 Å². The number of para-hydroxylation sites is 1. The third-order valence-electron chi connectivity index (χ3n) is 3.85. The molecule has 148 valence electrons. The molecular formula is C19H26IN3O3S. The van der Waals surface area contributed by atoms with E-state index in [9.17, 15) is 8.42 Å². The van der Waals surface area contributed by atoms with E-state index >= 15 is 0 Å². The maximum absolute atomic E-state index is 12.2. The van der Waals surface area contributed by atoms with E-state index in [-0.39, 0.29) is 29.7 Å². The Balaban J connectivity index is 0.00000364. The second-order valence-corrected chi connectivity index (χ2v) is 7.76. The normalized spacial score (nSPS) is 11.4. The molecule has 2 rings (SSSR count). The van der Waals surface area contributed by atoms with Crippen LogP contribution < -0.4 is 15.4 Å². The lowest BCUT2D eigenvalue weighted by Crippen LogP contribution is -2.37. The predicted octanol–water partition coefficient (Wildman–Crippen LogP) is 2.84. The molecule has 0 amide bonds. The van der Waals surface area contributed by atoms with Crippen LogP contribution in [0.4, 0.5) is 0 Å². The van der Waals surface area contributed by atoms with E-state index in [0.717, 1.165) is 11.3 Å². The molecule has 0 aromatic heterocycles. The summed E-state index contributed by atoms with van der Waals surface area (Å²) in [7, 11) is 0.0708. The van der Waals surface area contributed by atoms with Crippen LogP contribution in [0.15, 0.2) is 64.5 Å². The average Bonchev–Trinajstić information content (AvgIpc) is 2.68. The second-order valence-electron chi connectivity index (χ2n) is 5.65. The minimum absolute atomic E-state index is 0. The van der Waals surface area contributed by atoms with Gasteiger partial charge in [-0.15, -0.1) is 24.0 Å². The number of rotatable bonds is 8. The van der Waals surface area contributed by atoms with Crippen LogP contribution in [0.2, 0.25) is 0 Å². The number of nitrogens with one attached hydrogen (secondary N) is 2. The van der Waals surface area contributed by atoms with Gasteiger partial charge >= 0.3 is 0 Å². The van der Waals surface area contributed by atoms with Crippen molar-refractivity contribution in [2.75, 3.05) is 26.5 Å². The molecule has 2 aromatic rings. The first kappa shape index (κ1) is 23.2. The molecular weight excluding hydrogens is 477 g/mol. The molecule has 8 heteroatoms. The number of nitrogens with zero attached hydrogens (tertiary/aromatic N) is 1. The summed E-state index contributed by atoms with van der Waals surface area (Å²) in [5, 5.41) is 6.33. The highest BCUT2D eigenvalue weighted by Crippen LogP contribution is 2.16. The van der Waals surface area contributed by atoms with Gasteiger partial charge in [-0.3, -0.25) is 4.99 Å². The van der Waals surface area contributed by atoms with Gasteiger partial charge in [0.2, 0.25) is 0 Å². The first-order valence-electron chi connectivity index (χ1n) is 8.41. The molecule has 6 nitrogen and oxygen atoms in total. The van der Waals surface area contributed by atoms with Crippen molar-refractivity contribution in [1.29, 1.82) is 0 Å². The van der Waals surface area contributed by atoms with E-state index in [1.807, 2.05) is 24.3 Å². The molecule has 0 aliphatic heterocycles. The zero-order chi connectivity index (χ0) is 18.8. The third-order valence-corrected chi connectivity index (χ3v) is 5.66. The van der Waals surface area contributed by atoms with E-state index in [2.05, 4.69) is 15.6 Å². The average molecular weight is 503 g/mol. The molecule has 0 radical (unpaired) electrons. The van der Waals surface area contributed by atoms with Crippen LogP contribution in [0.5, 0.6) is 5.75 Å². The largest absolute Gasteiger partial charge is 0.496 e. The maximum atomic E-state index is 12.2. The Morgan fingerprint density at radius 2 is 1.70 bits per heavy atom. The van der Waals surface area contributed by atoms with Crippen LogP contribution in [0.3, 0.4) is 0 Å². The van der Waals surface area contributed by atoms with Gasteiger partial charge in [0.05, 0.1) is 17.8 Å². The maximum Gasteiger partial charge on any atom is 0.191 e. The fourth-order valence-electron chi connectivity index (χ4n) is 2.46. The molecule has 0 spiro atoms. The molecule has 0 bridgehead atoms. The molecule has 0 fully saturated rings. The molecule has 0 unspecified atom stereocenters. The van der Waals surface area contributed by atoms with Gasteiger partial charge in [0.15, 0.2) is 15.8 Å². The lowest BCUT2D eigenvalue weighted by Gasteiger charge is -2.13. The Kier molecular flexibility index (Phi) is 10.2. The number of guanidine groups is 1. The third kappa shape index (κ3) is 7.37. The molecule has 0 aliphatic carbocycles. The number of aliphatic imine (C=N–C) groups is 1. The molecule has 27 heavy (non-hydrogen) atoms. The quantitative estimate of drug-likeness (QED) is 0.251. The smallest absolute Gasteiger partial charge is 0.191 e. The molecule has 0 saturated carbocycles. The standard InChI is InChI=1S/C19H25N3O3S.HI/c1-20-19(22-15-16-9-6-7-12-18(16)25-2)21-13-8-14-26(23,24)17-10-4-3-5-11-17;/h3-7,9-12H,8,13-15H2,1-2H3,(H2,20,21,22);1H. The van der Waals surface area contributed by atoms with Gasteiger partial charge in [0.1, 0.15) is 5.75 Å². The summed E-state index contributed by atoms with van der Waals surface area (Å²) in [6.45, 7) is 1.07. The van der Waals surface area contributed by atoms with Crippen LogP contribution in [0, 0.1) is 0 Å². The highest BCUT2D eigenvalue weighted by Gasteiger charge is 2.13. The number of hydrogen-bond donors (Lipinski definition) is 2. The van der Waals surface area contributed by atoms with Gasteiger partial charge in [0, 0.05) is 25.7 Å². The summed E-state index contributed by atoms with van der Waals surface area (Å²) in [6, 6.07) is 16.3. The summed E-state index contributed by atoms with van der Waals surface area (Å²) in [4.78, 5) is 4.51. The van der Waals surface area contributed by atoms with Gasteiger partial charge in [-0.1, -0.05) is 36.4 Å². The minimum Gasteiger partial charge on any atom is -0.496 e. The number of ether oxygens (including phenoxy) is 1. The van der Waals surface area contributed by atoms with Gasteiger partial charge in [-0.25, -0.2) is 8.42 Å². The Morgan fingerprint density at radius 1 is 1.04 bits per heavy atom. The summed E-state index contributed by atoms with van der Waals surface area (Å²) < 4.78 is 29.8. The summed E-state index contributed by atoms with van der Waals surface area (Å²) in [5.74, 6) is 1.52. The van der Waals surface area contributed by atoms with Crippen LogP contribution >= 0.6 is 24.0 Å². The second kappa shape index (κ2) is 11.8. The first-order valence-corrected chi connectivity index (χ1v) is 10.1. The highest BCUT2D eigenvalue weighted by molar-refractivity contribution is 14.0. The van der Waals surface area contributed by atoms with E-state index in [0.29, 0.717) is 30.4 Å². The van der Waals surface area contributed by atoms with Crippen molar-refractivity contribution in [3.8, 4) is 5.75 Å². The Hall–Kier alpha value is -1.81. The first-order chi connectivity index (χ1) is 12.6. The molecule has 2 aromatic carbocycles. The Bertz CT molecular complexity index is 827. The van der Waals surface area contributed by atoms with Crippen molar-refractivity contribution in [2.24, 2.45) is 4.99 Å².